The highest BCUT2D eigenvalue weighted by molar-refractivity contribution is 5.65. The van der Waals surface area contributed by atoms with Crippen LogP contribution >= 0.6 is 0 Å². The zero-order chi connectivity index (χ0) is 19.9. The van der Waals surface area contributed by atoms with Gasteiger partial charge >= 0.3 is 0 Å². The summed E-state index contributed by atoms with van der Waals surface area (Å²) in [6.07, 6.45) is 13.4. The molecule has 0 heterocycles. The molecule has 1 atom stereocenters. The molecule has 0 radical (unpaired) electrons. The lowest BCUT2D eigenvalue weighted by Crippen LogP contribution is -2.01. The van der Waals surface area contributed by atoms with Crippen LogP contribution in [0.5, 0.6) is 0 Å². The number of halogens is 2. The minimum absolute atomic E-state index is 0.337. The van der Waals surface area contributed by atoms with E-state index < -0.39 is 11.6 Å². The largest absolute Gasteiger partial charge is 0.203 e. The molecule has 2 heteroatoms. The van der Waals surface area contributed by atoms with Gasteiger partial charge in [-0.1, -0.05) is 73.5 Å². The van der Waals surface area contributed by atoms with Gasteiger partial charge in [0, 0.05) is 5.56 Å². The molecule has 0 aromatic heterocycles. The molecule has 0 saturated carbocycles. The quantitative estimate of drug-likeness (QED) is 0.430. The summed E-state index contributed by atoms with van der Waals surface area (Å²) in [5.74, 6) is -0.860. The lowest BCUT2D eigenvalue weighted by atomic mass is 9.90. The molecule has 148 valence electrons. The van der Waals surface area contributed by atoms with Gasteiger partial charge in [-0.2, -0.15) is 0 Å². The van der Waals surface area contributed by atoms with Gasteiger partial charge in [0.05, 0.1) is 0 Å². The van der Waals surface area contributed by atoms with Crippen LogP contribution in [0, 0.1) is 17.6 Å². The fraction of sp³-hybridized carbons (Fsp3) is 0.385. The third kappa shape index (κ3) is 5.19. The molecule has 2 aromatic carbocycles. The van der Waals surface area contributed by atoms with Crippen LogP contribution < -0.4 is 0 Å². The lowest BCUT2D eigenvalue weighted by molar-refractivity contribution is 0.501. The molecule has 1 aliphatic carbocycles. The van der Waals surface area contributed by atoms with E-state index in [0.717, 1.165) is 37.7 Å². The van der Waals surface area contributed by atoms with E-state index in [1.54, 1.807) is 12.1 Å². The van der Waals surface area contributed by atoms with Gasteiger partial charge in [0.2, 0.25) is 0 Å². The van der Waals surface area contributed by atoms with Gasteiger partial charge < -0.3 is 0 Å². The molecular formula is C26H30F2. The van der Waals surface area contributed by atoms with E-state index in [2.05, 4.69) is 32.1 Å². The van der Waals surface area contributed by atoms with E-state index in [1.165, 1.54) is 17.6 Å². The molecule has 0 nitrogen and oxygen atoms in total. The zero-order valence-electron chi connectivity index (χ0n) is 17.0. The first-order valence-corrected chi connectivity index (χ1v) is 10.5. The predicted molar refractivity (Wildman–Crippen MR) is 114 cm³/mol. The molecule has 0 aliphatic heterocycles. The molecule has 3 rings (SSSR count). The van der Waals surface area contributed by atoms with Crippen LogP contribution in [-0.2, 0) is 12.8 Å². The van der Waals surface area contributed by atoms with Gasteiger partial charge in [-0.15, -0.1) is 0 Å². The van der Waals surface area contributed by atoms with E-state index in [0.29, 0.717) is 23.5 Å². The van der Waals surface area contributed by atoms with Crippen molar-refractivity contribution in [3.05, 3.63) is 83.0 Å². The van der Waals surface area contributed by atoms with Gasteiger partial charge in [-0.25, -0.2) is 8.78 Å². The van der Waals surface area contributed by atoms with Gasteiger partial charge in [0.1, 0.15) is 0 Å². The summed E-state index contributed by atoms with van der Waals surface area (Å²) >= 11 is 0. The number of benzene rings is 2. The van der Waals surface area contributed by atoms with Crippen molar-refractivity contribution in [2.45, 2.75) is 58.8 Å². The van der Waals surface area contributed by atoms with Crippen LogP contribution in [0.3, 0.4) is 0 Å². The van der Waals surface area contributed by atoms with Crippen molar-refractivity contribution in [1.29, 1.82) is 0 Å². The third-order valence-corrected chi connectivity index (χ3v) is 5.63. The smallest absolute Gasteiger partial charge is 0.166 e. The van der Waals surface area contributed by atoms with E-state index in [9.17, 15) is 8.78 Å². The Bertz CT molecular complexity index is 843. The first-order valence-electron chi connectivity index (χ1n) is 10.5. The van der Waals surface area contributed by atoms with E-state index in [-0.39, 0.29) is 0 Å². The minimum Gasteiger partial charge on any atom is -0.203 e. The fourth-order valence-corrected chi connectivity index (χ4v) is 3.83. The molecule has 1 unspecified atom stereocenters. The summed E-state index contributed by atoms with van der Waals surface area (Å²) in [4.78, 5) is 0. The Morgan fingerprint density at radius 1 is 1.00 bits per heavy atom. The first kappa shape index (κ1) is 20.5. The van der Waals surface area contributed by atoms with Gasteiger partial charge in [0.25, 0.3) is 0 Å². The summed E-state index contributed by atoms with van der Waals surface area (Å²) < 4.78 is 29.2. The van der Waals surface area contributed by atoms with Crippen LogP contribution in [0.25, 0.3) is 11.1 Å². The highest BCUT2D eigenvalue weighted by Gasteiger charge is 2.14. The second-order valence-corrected chi connectivity index (χ2v) is 7.90. The van der Waals surface area contributed by atoms with Crippen molar-refractivity contribution in [2.75, 3.05) is 0 Å². The Labute approximate surface area is 168 Å². The molecule has 0 amide bonds. The summed E-state index contributed by atoms with van der Waals surface area (Å²) in [6, 6.07) is 11.2. The van der Waals surface area contributed by atoms with Crippen molar-refractivity contribution in [1.82, 2.24) is 0 Å². The molecule has 0 N–H and O–H groups in total. The van der Waals surface area contributed by atoms with E-state index in [1.807, 2.05) is 24.3 Å². The van der Waals surface area contributed by atoms with Crippen molar-refractivity contribution in [3.63, 3.8) is 0 Å². The second-order valence-electron chi connectivity index (χ2n) is 7.90. The number of hydrogen-bond donors (Lipinski definition) is 0. The summed E-state index contributed by atoms with van der Waals surface area (Å²) in [6.45, 7) is 4.31. The van der Waals surface area contributed by atoms with E-state index in [4.69, 9.17) is 0 Å². The van der Waals surface area contributed by atoms with Crippen LogP contribution in [-0.4, -0.2) is 0 Å². The number of allylic oxidation sites excluding steroid dienone is 4. The summed E-state index contributed by atoms with van der Waals surface area (Å²) in [5.41, 5.74) is 4.21. The maximum atomic E-state index is 14.6. The summed E-state index contributed by atoms with van der Waals surface area (Å²) in [5, 5.41) is 0. The highest BCUT2D eigenvalue weighted by atomic mass is 19.2. The van der Waals surface area contributed by atoms with Crippen molar-refractivity contribution >= 4 is 0 Å². The van der Waals surface area contributed by atoms with Crippen molar-refractivity contribution < 1.29 is 8.78 Å². The fourth-order valence-electron chi connectivity index (χ4n) is 3.83. The molecule has 28 heavy (non-hydrogen) atoms. The van der Waals surface area contributed by atoms with Gasteiger partial charge in [-0.05, 0) is 68.1 Å². The predicted octanol–water partition coefficient (Wildman–Crippen LogP) is 7.82. The Morgan fingerprint density at radius 2 is 1.79 bits per heavy atom. The van der Waals surface area contributed by atoms with Gasteiger partial charge in [0.15, 0.2) is 11.6 Å². The average molecular weight is 381 g/mol. The van der Waals surface area contributed by atoms with Crippen molar-refractivity contribution in [3.8, 4) is 11.1 Å². The third-order valence-electron chi connectivity index (χ3n) is 5.63. The van der Waals surface area contributed by atoms with Crippen LogP contribution in [0.1, 0.15) is 57.1 Å². The number of rotatable bonds is 7. The second kappa shape index (κ2) is 9.82. The highest BCUT2D eigenvalue weighted by Crippen LogP contribution is 2.28. The maximum Gasteiger partial charge on any atom is 0.166 e. The average Bonchev–Trinajstić information content (AvgIpc) is 2.71. The molecule has 0 spiro atoms. The molecular weight excluding hydrogens is 350 g/mol. The molecule has 2 aromatic rings. The first-order chi connectivity index (χ1) is 13.6. The standard InChI is InChI=1S/C26H30F2/c1-3-6-20-13-15-22(16-14-20)24-18-17-23(25(27)26(24)28)8-5-4-7-21-11-9-19(2)10-12-21/h4,7,9,13-18,21H,3,5-6,8,10-12H2,1-2H3/b7-4+. The molecule has 0 bridgehead atoms. The van der Waals surface area contributed by atoms with Crippen LogP contribution in [0.2, 0.25) is 0 Å². The van der Waals surface area contributed by atoms with E-state index >= 15 is 0 Å². The maximum absolute atomic E-state index is 14.6. The Balaban J connectivity index is 1.63. The molecule has 1 aliphatic rings. The van der Waals surface area contributed by atoms with Crippen LogP contribution in [0.15, 0.2) is 60.2 Å². The van der Waals surface area contributed by atoms with Crippen molar-refractivity contribution in [2.24, 2.45) is 5.92 Å². The SMILES string of the molecule is CCCc1ccc(-c2ccc(CC/C=C/C3CC=C(C)CC3)c(F)c2F)cc1. The Kier molecular flexibility index (Phi) is 7.19. The van der Waals surface area contributed by atoms with Crippen LogP contribution in [0.4, 0.5) is 8.78 Å². The lowest BCUT2D eigenvalue weighted by Gasteiger charge is -2.16. The Morgan fingerprint density at radius 3 is 2.46 bits per heavy atom. The number of aryl methyl sites for hydroxylation is 2. The molecule has 0 fully saturated rings. The summed E-state index contributed by atoms with van der Waals surface area (Å²) in [7, 11) is 0. The zero-order valence-corrected chi connectivity index (χ0v) is 17.0. The molecule has 0 saturated heterocycles. The monoisotopic (exact) mass is 380 g/mol. The topological polar surface area (TPSA) is 0 Å². The Hall–Kier alpha value is -2.22. The number of hydrogen-bond acceptors (Lipinski definition) is 0. The van der Waals surface area contributed by atoms with Gasteiger partial charge in [-0.3, -0.25) is 0 Å². The normalized spacial score (nSPS) is 17.1. The minimum atomic E-state index is -0.738.